The van der Waals surface area contributed by atoms with E-state index in [0.29, 0.717) is 0 Å². The third-order valence-electron chi connectivity index (χ3n) is 5.26. The van der Waals surface area contributed by atoms with Gasteiger partial charge in [-0.15, -0.1) is 24.0 Å². The van der Waals surface area contributed by atoms with Crippen LogP contribution in [-0.4, -0.2) is 50.0 Å². The summed E-state index contributed by atoms with van der Waals surface area (Å²) in [5, 5.41) is 6.83. The lowest BCUT2D eigenvalue weighted by molar-refractivity contribution is 0.331. The maximum absolute atomic E-state index is 4.35. The molecule has 5 nitrogen and oxygen atoms in total. The molecule has 0 bridgehead atoms. The van der Waals surface area contributed by atoms with Crippen molar-refractivity contribution in [2.24, 2.45) is 4.99 Å². The highest BCUT2D eigenvalue weighted by Crippen LogP contribution is 2.13. The van der Waals surface area contributed by atoms with Gasteiger partial charge >= 0.3 is 0 Å². The SMILES string of the molecule is CN=C(NCc1ccc(CN2CCCC2)cc1)NCc1cccc(CN(C)C)c1.I. The van der Waals surface area contributed by atoms with E-state index in [9.17, 15) is 0 Å². The molecule has 1 heterocycles. The Morgan fingerprint density at radius 2 is 1.50 bits per heavy atom. The van der Waals surface area contributed by atoms with Crippen molar-refractivity contribution in [3.8, 4) is 0 Å². The second kappa shape index (κ2) is 12.9. The van der Waals surface area contributed by atoms with E-state index in [4.69, 9.17) is 0 Å². The van der Waals surface area contributed by atoms with Crippen LogP contribution in [0.5, 0.6) is 0 Å². The van der Waals surface area contributed by atoms with Gasteiger partial charge in [0.05, 0.1) is 0 Å². The Morgan fingerprint density at radius 1 is 0.900 bits per heavy atom. The molecule has 0 radical (unpaired) electrons. The van der Waals surface area contributed by atoms with Crippen LogP contribution >= 0.6 is 24.0 Å². The Balaban J connectivity index is 0.00000320. The topological polar surface area (TPSA) is 42.9 Å². The number of benzene rings is 2. The summed E-state index contributed by atoms with van der Waals surface area (Å²) in [5.41, 5.74) is 5.26. The summed E-state index contributed by atoms with van der Waals surface area (Å²) in [4.78, 5) is 9.07. The van der Waals surface area contributed by atoms with Crippen LogP contribution in [0, 0.1) is 0 Å². The minimum atomic E-state index is 0. The summed E-state index contributed by atoms with van der Waals surface area (Å²) in [6.07, 6.45) is 2.68. The van der Waals surface area contributed by atoms with E-state index in [1.807, 2.05) is 7.05 Å². The predicted octanol–water partition coefficient (Wildman–Crippen LogP) is 3.83. The van der Waals surface area contributed by atoms with Crippen LogP contribution in [0.4, 0.5) is 0 Å². The molecule has 3 rings (SSSR count). The van der Waals surface area contributed by atoms with Crippen molar-refractivity contribution in [2.45, 2.75) is 39.0 Å². The van der Waals surface area contributed by atoms with Gasteiger partial charge in [-0.25, -0.2) is 0 Å². The Labute approximate surface area is 199 Å². The molecular weight excluding hydrogens is 485 g/mol. The smallest absolute Gasteiger partial charge is 0.191 e. The molecule has 0 amide bonds. The molecule has 1 saturated heterocycles. The Hall–Kier alpha value is -1.64. The molecule has 1 aliphatic rings. The maximum Gasteiger partial charge on any atom is 0.191 e. The Kier molecular flexibility index (Phi) is 10.6. The fourth-order valence-electron chi connectivity index (χ4n) is 3.76. The summed E-state index contributed by atoms with van der Waals surface area (Å²) >= 11 is 0. The summed E-state index contributed by atoms with van der Waals surface area (Å²) in [7, 11) is 6.00. The van der Waals surface area contributed by atoms with Crippen LogP contribution in [0.15, 0.2) is 53.5 Å². The average Bonchev–Trinajstić information content (AvgIpc) is 3.22. The minimum absolute atomic E-state index is 0. The van der Waals surface area contributed by atoms with Crippen LogP contribution < -0.4 is 10.6 Å². The van der Waals surface area contributed by atoms with E-state index in [-0.39, 0.29) is 24.0 Å². The molecule has 0 aliphatic carbocycles. The summed E-state index contributed by atoms with van der Waals surface area (Å²) in [5.74, 6) is 0.823. The molecule has 0 unspecified atom stereocenters. The zero-order chi connectivity index (χ0) is 20.5. The van der Waals surface area contributed by atoms with Crippen LogP contribution in [-0.2, 0) is 26.2 Å². The maximum atomic E-state index is 4.35. The van der Waals surface area contributed by atoms with Crippen molar-refractivity contribution >= 4 is 29.9 Å². The van der Waals surface area contributed by atoms with Gasteiger partial charge in [0, 0.05) is 33.2 Å². The molecule has 2 aromatic carbocycles. The summed E-state index contributed by atoms with van der Waals surface area (Å²) in [6, 6.07) is 17.6. The van der Waals surface area contributed by atoms with Crippen LogP contribution in [0.3, 0.4) is 0 Å². The highest BCUT2D eigenvalue weighted by atomic mass is 127. The van der Waals surface area contributed by atoms with Gasteiger partial charge in [-0.1, -0.05) is 48.5 Å². The first-order chi connectivity index (χ1) is 14.1. The van der Waals surface area contributed by atoms with Crippen LogP contribution in [0.25, 0.3) is 0 Å². The zero-order valence-electron chi connectivity index (χ0n) is 18.5. The molecule has 2 aromatic rings. The van der Waals surface area contributed by atoms with Gasteiger partial charge in [0.25, 0.3) is 0 Å². The molecule has 30 heavy (non-hydrogen) atoms. The number of nitrogens with one attached hydrogen (secondary N) is 2. The molecule has 0 aromatic heterocycles. The highest BCUT2D eigenvalue weighted by Gasteiger charge is 2.11. The van der Waals surface area contributed by atoms with E-state index in [1.54, 1.807) is 0 Å². The van der Waals surface area contributed by atoms with Gasteiger partial charge in [0.15, 0.2) is 5.96 Å². The fourth-order valence-corrected chi connectivity index (χ4v) is 3.76. The molecule has 2 N–H and O–H groups in total. The van der Waals surface area contributed by atoms with Crippen LogP contribution in [0.1, 0.15) is 35.1 Å². The van der Waals surface area contributed by atoms with E-state index in [2.05, 4.69) is 88.1 Å². The molecule has 0 atom stereocenters. The van der Waals surface area contributed by atoms with Crippen molar-refractivity contribution in [3.63, 3.8) is 0 Å². The van der Waals surface area contributed by atoms with Gasteiger partial charge in [-0.3, -0.25) is 9.89 Å². The predicted molar refractivity (Wildman–Crippen MR) is 137 cm³/mol. The molecule has 1 fully saturated rings. The number of nitrogens with zero attached hydrogens (tertiary/aromatic N) is 3. The summed E-state index contributed by atoms with van der Waals surface area (Å²) in [6.45, 7) is 6.03. The van der Waals surface area contributed by atoms with Gasteiger partial charge in [0.2, 0.25) is 0 Å². The Morgan fingerprint density at radius 3 is 2.13 bits per heavy atom. The van der Waals surface area contributed by atoms with Crippen LogP contribution in [0.2, 0.25) is 0 Å². The third kappa shape index (κ3) is 8.24. The van der Waals surface area contributed by atoms with E-state index in [1.165, 1.54) is 48.2 Å². The number of hydrogen-bond donors (Lipinski definition) is 2. The monoisotopic (exact) mass is 521 g/mol. The highest BCUT2D eigenvalue weighted by molar-refractivity contribution is 14.0. The van der Waals surface area contributed by atoms with E-state index in [0.717, 1.165) is 32.1 Å². The van der Waals surface area contributed by atoms with Gasteiger partial charge in [0.1, 0.15) is 0 Å². The summed E-state index contributed by atoms with van der Waals surface area (Å²) < 4.78 is 0. The normalized spacial score (nSPS) is 14.6. The second-order valence-corrected chi connectivity index (χ2v) is 8.14. The van der Waals surface area contributed by atoms with Crippen molar-refractivity contribution in [2.75, 3.05) is 34.2 Å². The van der Waals surface area contributed by atoms with Crippen molar-refractivity contribution in [1.29, 1.82) is 0 Å². The largest absolute Gasteiger partial charge is 0.352 e. The molecule has 1 aliphatic heterocycles. The molecule has 0 saturated carbocycles. The molecule has 164 valence electrons. The quantitative estimate of drug-likeness (QED) is 0.315. The van der Waals surface area contributed by atoms with E-state index < -0.39 is 0 Å². The second-order valence-electron chi connectivity index (χ2n) is 8.14. The standard InChI is InChI=1S/C24H35N5.HI/c1-25-24(27-17-22-7-6-8-23(15-22)18-28(2)3)26-16-20-9-11-21(12-10-20)19-29-13-4-5-14-29;/h6-12,15H,4-5,13-14,16-19H2,1-3H3,(H2,25,26,27);1H. The van der Waals surface area contributed by atoms with Crippen molar-refractivity contribution in [3.05, 3.63) is 70.8 Å². The average molecular weight is 521 g/mol. The minimum Gasteiger partial charge on any atom is -0.352 e. The number of halogens is 1. The lowest BCUT2D eigenvalue weighted by atomic mass is 10.1. The zero-order valence-corrected chi connectivity index (χ0v) is 20.9. The fraction of sp³-hybridized carbons (Fsp3) is 0.458. The van der Waals surface area contributed by atoms with E-state index >= 15 is 0 Å². The van der Waals surface area contributed by atoms with Gasteiger partial charge in [-0.2, -0.15) is 0 Å². The third-order valence-corrected chi connectivity index (χ3v) is 5.26. The van der Waals surface area contributed by atoms with Gasteiger partial charge < -0.3 is 15.5 Å². The Bertz CT molecular complexity index is 782. The number of likely N-dealkylation sites (tertiary alicyclic amines) is 1. The molecule has 6 heteroatoms. The lowest BCUT2D eigenvalue weighted by Gasteiger charge is -2.15. The molecule has 0 spiro atoms. The van der Waals surface area contributed by atoms with Crippen molar-refractivity contribution < 1.29 is 0 Å². The number of rotatable bonds is 8. The first-order valence-corrected chi connectivity index (χ1v) is 10.6. The molecular formula is C24H36IN5. The lowest BCUT2D eigenvalue weighted by Crippen LogP contribution is -2.36. The first kappa shape index (κ1) is 24.6. The number of hydrogen-bond acceptors (Lipinski definition) is 3. The van der Waals surface area contributed by atoms with Gasteiger partial charge in [-0.05, 0) is 62.3 Å². The van der Waals surface area contributed by atoms with Crippen molar-refractivity contribution in [1.82, 2.24) is 20.4 Å². The number of aliphatic imine (C=N–C) groups is 1. The number of guanidine groups is 1. The first-order valence-electron chi connectivity index (χ1n) is 10.6.